The minimum Gasteiger partial charge on any atom is -0.331 e. The zero-order chi connectivity index (χ0) is 14.8. The van der Waals surface area contributed by atoms with E-state index < -0.39 is 17.3 Å². The number of benzene rings is 1. The van der Waals surface area contributed by atoms with Crippen molar-refractivity contribution >= 4 is 6.03 Å². The van der Waals surface area contributed by atoms with Crippen LogP contribution in [0.2, 0.25) is 0 Å². The number of carbonyl (C=O) groups is 1. The Morgan fingerprint density at radius 3 is 1.84 bits per heavy atom. The molecule has 0 spiro atoms. The van der Waals surface area contributed by atoms with Crippen LogP contribution in [0.25, 0.3) is 0 Å². The van der Waals surface area contributed by atoms with E-state index in [1.54, 1.807) is 27.9 Å². The van der Waals surface area contributed by atoms with Gasteiger partial charge in [0.1, 0.15) is 0 Å². The van der Waals surface area contributed by atoms with Crippen molar-refractivity contribution in [2.45, 2.75) is 25.6 Å². The lowest BCUT2D eigenvalue weighted by Gasteiger charge is -2.29. The summed E-state index contributed by atoms with van der Waals surface area (Å²) in [6.45, 7) is 3.47. The van der Waals surface area contributed by atoms with Gasteiger partial charge in [-0.1, -0.05) is 12.1 Å². The summed E-state index contributed by atoms with van der Waals surface area (Å²) in [5.74, 6) is 0. The zero-order valence-electron chi connectivity index (χ0n) is 11.3. The minimum atomic E-state index is -4.35. The number of hydrogen-bond donors (Lipinski definition) is 1. The highest BCUT2D eigenvalue weighted by molar-refractivity contribution is 5.74. The molecule has 0 atom stereocenters. The van der Waals surface area contributed by atoms with Gasteiger partial charge < -0.3 is 10.2 Å². The summed E-state index contributed by atoms with van der Waals surface area (Å²) in [5.41, 5.74) is -0.840. The van der Waals surface area contributed by atoms with E-state index in [4.69, 9.17) is 0 Å². The Labute approximate surface area is 110 Å². The number of rotatable bonds is 2. The van der Waals surface area contributed by atoms with Crippen LogP contribution in [0.15, 0.2) is 24.3 Å². The van der Waals surface area contributed by atoms with Gasteiger partial charge in [0.2, 0.25) is 0 Å². The monoisotopic (exact) mass is 274 g/mol. The summed E-state index contributed by atoms with van der Waals surface area (Å²) in [4.78, 5) is 13.0. The first-order valence-corrected chi connectivity index (χ1v) is 5.71. The molecule has 1 aromatic rings. The molecule has 0 saturated heterocycles. The number of nitrogens with one attached hydrogen (secondary N) is 1. The summed E-state index contributed by atoms with van der Waals surface area (Å²) >= 11 is 0. The lowest BCUT2D eigenvalue weighted by Crippen LogP contribution is -2.45. The van der Waals surface area contributed by atoms with Gasteiger partial charge in [-0.05, 0) is 31.5 Å². The average Bonchev–Trinajstić information content (AvgIpc) is 2.27. The molecule has 0 fully saturated rings. The number of amides is 2. The molecule has 1 N–H and O–H groups in total. The number of halogens is 3. The summed E-state index contributed by atoms with van der Waals surface area (Å²) < 4.78 is 37.4. The van der Waals surface area contributed by atoms with Gasteiger partial charge in [-0.15, -0.1) is 0 Å². The van der Waals surface area contributed by atoms with E-state index in [2.05, 4.69) is 5.32 Å². The maximum Gasteiger partial charge on any atom is 0.416 e. The van der Waals surface area contributed by atoms with E-state index in [1.165, 1.54) is 17.0 Å². The SMILES string of the molecule is CN(C)C(=O)NC(C)(C)c1ccc(C(F)(F)F)cc1. The second-order valence-electron chi connectivity index (χ2n) is 5.02. The first kappa shape index (κ1) is 15.3. The third-order valence-electron chi connectivity index (χ3n) is 2.76. The molecule has 19 heavy (non-hydrogen) atoms. The Kier molecular flexibility index (Phi) is 4.12. The molecular formula is C13H17F3N2O. The molecule has 1 rings (SSSR count). The molecular weight excluding hydrogens is 257 g/mol. The largest absolute Gasteiger partial charge is 0.416 e. The molecule has 1 aromatic carbocycles. The quantitative estimate of drug-likeness (QED) is 0.882. The molecule has 6 heteroatoms. The topological polar surface area (TPSA) is 32.3 Å². The molecule has 0 aliphatic heterocycles. The summed E-state index contributed by atoms with van der Waals surface area (Å²) in [6, 6.07) is 4.47. The van der Waals surface area contributed by atoms with Crippen LogP contribution in [0.5, 0.6) is 0 Å². The van der Waals surface area contributed by atoms with Crippen molar-refractivity contribution in [1.82, 2.24) is 10.2 Å². The van der Waals surface area contributed by atoms with E-state index >= 15 is 0 Å². The average molecular weight is 274 g/mol. The van der Waals surface area contributed by atoms with Crippen molar-refractivity contribution in [3.63, 3.8) is 0 Å². The lowest BCUT2D eigenvalue weighted by molar-refractivity contribution is -0.137. The van der Waals surface area contributed by atoms with Gasteiger partial charge >= 0.3 is 12.2 Å². The molecule has 0 aliphatic carbocycles. The predicted molar refractivity (Wildman–Crippen MR) is 66.7 cm³/mol. The summed E-state index contributed by atoms with van der Waals surface area (Å²) in [6.07, 6.45) is -4.35. The fraction of sp³-hybridized carbons (Fsp3) is 0.462. The molecule has 3 nitrogen and oxygen atoms in total. The third-order valence-corrected chi connectivity index (χ3v) is 2.76. The number of hydrogen-bond acceptors (Lipinski definition) is 1. The zero-order valence-corrected chi connectivity index (χ0v) is 11.3. The Balaban J connectivity index is 2.93. The van der Waals surface area contributed by atoms with Crippen LogP contribution in [0, 0.1) is 0 Å². The van der Waals surface area contributed by atoms with E-state index in [-0.39, 0.29) is 6.03 Å². The van der Waals surface area contributed by atoms with Crippen molar-refractivity contribution in [1.29, 1.82) is 0 Å². The molecule has 0 radical (unpaired) electrons. The number of carbonyl (C=O) groups excluding carboxylic acids is 1. The van der Waals surface area contributed by atoms with Crippen molar-refractivity contribution in [2.24, 2.45) is 0 Å². The summed E-state index contributed by atoms with van der Waals surface area (Å²) in [7, 11) is 3.19. The second kappa shape index (κ2) is 5.11. The van der Waals surface area contributed by atoms with Crippen LogP contribution in [0.4, 0.5) is 18.0 Å². The first-order chi connectivity index (χ1) is 8.54. The molecule has 0 aromatic heterocycles. The highest BCUT2D eigenvalue weighted by Crippen LogP contribution is 2.30. The smallest absolute Gasteiger partial charge is 0.331 e. The van der Waals surface area contributed by atoms with Gasteiger partial charge in [-0.2, -0.15) is 13.2 Å². The van der Waals surface area contributed by atoms with Crippen LogP contribution < -0.4 is 5.32 Å². The maximum absolute atomic E-state index is 12.5. The Hall–Kier alpha value is -1.72. The summed E-state index contributed by atoms with van der Waals surface area (Å²) in [5, 5.41) is 2.74. The van der Waals surface area contributed by atoms with Crippen molar-refractivity contribution in [3.8, 4) is 0 Å². The Bertz CT molecular complexity index is 450. The highest BCUT2D eigenvalue weighted by atomic mass is 19.4. The fourth-order valence-electron chi connectivity index (χ4n) is 1.53. The van der Waals surface area contributed by atoms with E-state index in [1.807, 2.05) is 0 Å². The van der Waals surface area contributed by atoms with Crippen LogP contribution in [-0.2, 0) is 11.7 Å². The van der Waals surface area contributed by atoms with Crippen molar-refractivity contribution in [2.75, 3.05) is 14.1 Å². The van der Waals surface area contributed by atoms with Gasteiger partial charge in [-0.25, -0.2) is 4.79 Å². The van der Waals surface area contributed by atoms with Crippen molar-refractivity contribution in [3.05, 3.63) is 35.4 Å². The van der Waals surface area contributed by atoms with Crippen LogP contribution >= 0.6 is 0 Å². The second-order valence-corrected chi connectivity index (χ2v) is 5.02. The third kappa shape index (κ3) is 3.87. The predicted octanol–water partition coefficient (Wildman–Crippen LogP) is 3.21. The van der Waals surface area contributed by atoms with Crippen LogP contribution in [0.3, 0.4) is 0 Å². The standard InChI is InChI=1S/C13H17F3N2O/c1-12(2,17-11(19)18(3)4)9-5-7-10(8-6-9)13(14,15)16/h5-8H,1-4H3,(H,17,19). The van der Waals surface area contributed by atoms with Crippen molar-refractivity contribution < 1.29 is 18.0 Å². The van der Waals surface area contributed by atoms with E-state index in [0.29, 0.717) is 5.56 Å². The van der Waals surface area contributed by atoms with Gasteiger partial charge in [0.25, 0.3) is 0 Å². The lowest BCUT2D eigenvalue weighted by atomic mass is 9.93. The Morgan fingerprint density at radius 2 is 1.47 bits per heavy atom. The van der Waals surface area contributed by atoms with Crippen LogP contribution in [-0.4, -0.2) is 25.0 Å². The number of nitrogens with zero attached hydrogens (tertiary/aromatic N) is 1. The molecule has 0 unspecified atom stereocenters. The number of urea groups is 1. The Morgan fingerprint density at radius 1 is 1.05 bits per heavy atom. The fourth-order valence-corrected chi connectivity index (χ4v) is 1.53. The molecule has 0 saturated carbocycles. The highest BCUT2D eigenvalue weighted by Gasteiger charge is 2.31. The van der Waals surface area contributed by atoms with Gasteiger partial charge in [-0.3, -0.25) is 0 Å². The minimum absolute atomic E-state index is 0.301. The van der Waals surface area contributed by atoms with Gasteiger partial charge in [0, 0.05) is 14.1 Å². The van der Waals surface area contributed by atoms with Crippen LogP contribution in [0.1, 0.15) is 25.0 Å². The number of alkyl halides is 3. The molecule has 106 valence electrons. The molecule has 0 aliphatic rings. The van der Waals surface area contributed by atoms with Gasteiger partial charge in [0.15, 0.2) is 0 Å². The normalized spacial score (nSPS) is 12.2. The molecule has 0 bridgehead atoms. The maximum atomic E-state index is 12.5. The van der Waals surface area contributed by atoms with E-state index in [0.717, 1.165) is 12.1 Å². The molecule has 0 heterocycles. The first-order valence-electron chi connectivity index (χ1n) is 5.71. The van der Waals surface area contributed by atoms with E-state index in [9.17, 15) is 18.0 Å². The molecule has 2 amide bonds. The van der Waals surface area contributed by atoms with Gasteiger partial charge in [0.05, 0.1) is 11.1 Å².